The van der Waals surface area contributed by atoms with Crippen LogP contribution >= 0.6 is 0 Å². The first-order valence-electron chi connectivity index (χ1n) is 6.88. The van der Waals surface area contributed by atoms with Crippen LogP contribution < -0.4 is 10.0 Å². The van der Waals surface area contributed by atoms with Crippen molar-refractivity contribution in [1.82, 2.24) is 0 Å². The van der Waals surface area contributed by atoms with Gasteiger partial charge in [-0.2, -0.15) is 0 Å². The first kappa shape index (κ1) is 13.9. The lowest BCUT2D eigenvalue weighted by molar-refractivity contribution is 0.591. The third-order valence-corrected chi connectivity index (χ3v) is 5.99. The van der Waals surface area contributed by atoms with E-state index >= 15 is 0 Å². The Bertz CT molecular complexity index is 790. The molecule has 0 unspecified atom stereocenters. The van der Waals surface area contributed by atoms with Crippen molar-refractivity contribution < 1.29 is 8.42 Å². The number of fused-ring (bicyclic) bond motifs is 1. The number of nitrogens with zero attached hydrogens (tertiary/aromatic N) is 1. The molecule has 1 aliphatic heterocycles. The van der Waals surface area contributed by atoms with Crippen LogP contribution in [-0.2, 0) is 16.4 Å². The monoisotopic (exact) mass is 302 g/mol. The Labute approximate surface area is 125 Å². The molecule has 0 spiro atoms. The smallest absolute Gasteiger partial charge is 0.264 e. The summed E-state index contributed by atoms with van der Waals surface area (Å²) >= 11 is 0. The van der Waals surface area contributed by atoms with Crippen molar-refractivity contribution in [3.8, 4) is 0 Å². The van der Waals surface area contributed by atoms with Crippen molar-refractivity contribution in [2.45, 2.75) is 25.2 Å². The van der Waals surface area contributed by atoms with Crippen molar-refractivity contribution >= 4 is 21.4 Å². The SMILES string of the molecule is Cc1cc(N)cc(C)c1S(=O)(=O)N1CCc2ccccc21. The van der Waals surface area contributed by atoms with Crippen LogP contribution in [0, 0.1) is 13.8 Å². The summed E-state index contributed by atoms with van der Waals surface area (Å²) in [5.74, 6) is 0. The molecule has 0 fully saturated rings. The Kier molecular flexibility index (Phi) is 3.17. The highest BCUT2D eigenvalue weighted by atomic mass is 32.2. The summed E-state index contributed by atoms with van der Waals surface area (Å²) in [6.07, 6.45) is 0.752. The first-order chi connectivity index (χ1) is 9.91. The van der Waals surface area contributed by atoms with Gasteiger partial charge in [0.2, 0.25) is 0 Å². The summed E-state index contributed by atoms with van der Waals surface area (Å²) in [5.41, 5.74) is 9.63. The number of para-hydroxylation sites is 1. The van der Waals surface area contributed by atoms with Crippen LogP contribution in [0.3, 0.4) is 0 Å². The molecule has 2 aromatic rings. The lowest BCUT2D eigenvalue weighted by atomic mass is 10.1. The Morgan fingerprint density at radius 1 is 1.10 bits per heavy atom. The summed E-state index contributed by atoms with van der Waals surface area (Å²) in [6.45, 7) is 4.07. The molecule has 2 N–H and O–H groups in total. The molecule has 0 saturated heterocycles. The molecular formula is C16H18N2O2S. The van der Waals surface area contributed by atoms with E-state index in [1.165, 1.54) is 4.31 Å². The summed E-state index contributed by atoms with van der Waals surface area (Å²) in [7, 11) is -3.55. The van der Waals surface area contributed by atoms with Gasteiger partial charge >= 0.3 is 0 Å². The average molecular weight is 302 g/mol. The minimum atomic E-state index is -3.55. The van der Waals surface area contributed by atoms with Gasteiger partial charge in [-0.25, -0.2) is 8.42 Å². The quantitative estimate of drug-likeness (QED) is 0.867. The zero-order valence-corrected chi connectivity index (χ0v) is 12.9. The second-order valence-electron chi connectivity index (χ2n) is 5.44. The number of benzene rings is 2. The van der Waals surface area contributed by atoms with Gasteiger partial charge in [0.05, 0.1) is 10.6 Å². The first-order valence-corrected chi connectivity index (χ1v) is 8.32. The van der Waals surface area contributed by atoms with E-state index in [9.17, 15) is 8.42 Å². The molecule has 0 aromatic heterocycles. The number of rotatable bonds is 2. The summed E-state index contributed by atoms with van der Waals surface area (Å²) in [6, 6.07) is 11.1. The van der Waals surface area contributed by atoms with Crippen molar-refractivity contribution in [1.29, 1.82) is 0 Å². The molecule has 21 heavy (non-hydrogen) atoms. The van der Waals surface area contributed by atoms with Gasteiger partial charge in [0.15, 0.2) is 0 Å². The van der Waals surface area contributed by atoms with Crippen molar-refractivity contribution in [3.63, 3.8) is 0 Å². The van der Waals surface area contributed by atoms with E-state index in [0.29, 0.717) is 28.3 Å². The number of anilines is 2. The fourth-order valence-electron chi connectivity index (χ4n) is 3.06. The third-order valence-electron chi connectivity index (χ3n) is 3.88. The second-order valence-corrected chi connectivity index (χ2v) is 7.24. The van der Waals surface area contributed by atoms with Crippen LogP contribution in [0.4, 0.5) is 11.4 Å². The van der Waals surface area contributed by atoms with Crippen LogP contribution in [-0.4, -0.2) is 15.0 Å². The fraction of sp³-hybridized carbons (Fsp3) is 0.250. The lowest BCUT2D eigenvalue weighted by Gasteiger charge is -2.22. The maximum absolute atomic E-state index is 13.0. The Morgan fingerprint density at radius 3 is 2.38 bits per heavy atom. The molecule has 0 atom stereocenters. The van der Waals surface area contributed by atoms with Gasteiger partial charge in [-0.3, -0.25) is 4.31 Å². The Hall–Kier alpha value is -2.01. The largest absolute Gasteiger partial charge is 0.399 e. The highest BCUT2D eigenvalue weighted by molar-refractivity contribution is 7.93. The van der Waals surface area contributed by atoms with Gasteiger partial charge in [-0.15, -0.1) is 0 Å². The van der Waals surface area contributed by atoms with E-state index < -0.39 is 10.0 Å². The van der Waals surface area contributed by atoms with Gasteiger partial charge in [-0.1, -0.05) is 18.2 Å². The number of aryl methyl sites for hydroxylation is 2. The van der Waals surface area contributed by atoms with Crippen LogP contribution in [0.25, 0.3) is 0 Å². The van der Waals surface area contributed by atoms with Gasteiger partial charge in [0, 0.05) is 12.2 Å². The number of hydrogen-bond acceptors (Lipinski definition) is 3. The highest BCUT2D eigenvalue weighted by Crippen LogP contribution is 2.35. The summed E-state index contributed by atoms with van der Waals surface area (Å²) in [5, 5.41) is 0. The van der Waals surface area contributed by atoms with Gasteiger partial charge in [-0.05, 0) is 55.2 Å². The molecule has 3 rings (SSSR count). The van der Waals surface area contributed by atoms with E-state index in [1.54, 1.807) is 26.0 Å². The zero-order chi connectivity index (χ0) is 15.2. The van der Waals surface area contributed by atoms with Crippen molar-refractivity contribution in [3.05, 3.63) is 53.1 Å². The predicted octanol–water partition coefficient (Wildman–Crippen LogP) is 2.64. The number of nitrogens with two attached hydrogens (primary N) is 1. The molecule has 4 nitrogen and oxygen atoms in total. The normalized spacial score (nSPS) is 14.3. The molecule has 1 heterocycles. The maximum Gasteiger partial charge on any atom is 0.264 e. The van der Waals surface area contributed by atoms with Gasteiger partial charge < -0.3 is 5.73 Å². The Balaban J connectivity index is 2.16. The third kappa shape index (κ3) is 2.17. The predicted molar refractivity (Wildman–Crippen MR) is 85.0 cm³/mol. The van der Waals surface area contributed by atoms with Crippen LogP contribution in [0.5, 0.6) is 0 Å². The van der Waals surface area contributed by atoms with E-state index in [2.05, 4.69) is 0 Å². The molecule has 0 bridgehead atoms. The fourth-order valence-corrected chi connectivity index (χ4v) is 4.98. The van der Waals surface area contributed by atoms with Crippen LogP contribution in [0.2, 0.25) is 0 Å². The molecule has 2 aromatic carbocycles. The Morgan fingerprint density at radius 2 is 1.71 bits per heavy atom. The molecule has 0 aliphatic carbocycles. The van der Waals surface area contributed by atoms with E-state index in [-0.39, 0.29) is 0 Å². The zero-order valence-electron chi connectivity index (χ0n) is 12.1. The molecular weight excluding hydrogens is 284 g/mol. The standard InChI is InChI=1S/C16H18N2O2S/c1-11-9-14(17)10-12(2)16(11)21(19,20)18-8-7-13-5-3-4-6-15(13)18/h3-6,9-10H,7-8,17H2,1-2H3. The highest BCUT2D eigenvalue weighted by Gasteiger charge is 2.32. The van der Waals surface area contributed by atoms with E-state index in [4.69, 9.17) is 5.73 Å². The summed E-state index contributed by atoms with van der Waals surface area (Å²) < 4.78 is 27.6. The van der Waals surface area contributed by atoms with Crippen LogP contribution in [0.15, 0.2) is 41.3 Å². The minimum Gasteiger partial charge on any atom is -0.399 e. The second kappa shape index (κ2) is 4.77. The maximum atomic E-state index is 13.0. The lowest BCUT2D eigenvalue weighted by Crippen LogP contribution is -2.30. The van der Waals surface area contributed by atoms with Crippen molar-refractivity contribution in [2.75, 3.05) is 16.6 Å². The van der Waals surface area contributed by atoms with E-state index in [0.717, 1.165) is 17.7 Å². The minimum absolute atomic E-state index is 0.369. The topological polar surface area (TPSA) is 63.4 Å². The van der Waals surface area contributed by atoms with Gasteiger partial charge in [0.25, 0.3) is 10.0 Å². The number of hydrogen-bond donors (Lipinski definition) is 1. The molecule has 110 valence electrons. The molecule has 0 radical (unpaired) electrons. The molecule has 0 amide bonds. The molecule has 0 saturated carbocycles. The summed E-state index contributed by atoms with van der Waals surface area (Å²) in [4.78, 5) is 0.369. The van der Waals surface area contributed by atoms with E-state index in [1.807, 2.05) is 24.3 Å². The number of sulfonamides is 1. The average Bonchev–Trinajstić information content (AvgIpc) is 2.81. The van der Waals surface area contributed by atoms with Crippen LogP contribution in [0.1, 0.15) is 16.7 Å². The molecule has 5 heteroatoms. The molecule has 1 aliphatic rings. The number of nitrogen functional groups attached to an aromatic ring is 1. The van der Waals surface area contributed by atoms with Gasteiger partial charge in [0.1, 0.15) is 0 Å². The van der Waals surface area contributed by atoms with Crippen molar-refractivity contribution in [2.24, 2.45) is 0 Å².